The number of benzene rings is 1. The van der Waals surface area contributed by atoms with Crippen molar-refractivity contribution in [3.63, 3.8) is 0 Å². The molecule has 2 aromatic rings. The molecule has 0 aliphatic carbocycles. The van der Waals surface area contributed by atoms with E-state index in [9.17, 15) is 35.5 Å². The van der Waals surface area contributed by atoms with Gasteiger partial charge in [-0.25, -0.2) is 8.42 Å². The third-order valence-corrected chi connectivity index (χ3v) is 8.53. The molecule has 0 bridgehead atoms. The molecule has 3 unspecified atom stereocenters. The molecule has 1 fully saturated rings. The summed E-state index contributed by atoms with van der Waals surface area (Å²) in [4.78, 5) is -0.429. The van der Waals surface area contributed by atoms with Crippen LogP contribution in [0.5, 0.6) is 0 Å². The van der Waals surface area contributed by atoms with Gasteiger partial charge in [-0.1, -0.05) is 6.07 Å². The number of halogens is 3. The lowest BCUT2D eigenvalue weighted by Gasteiger charge is -2.37. The minimum absolute atomic E-state index is 0.0203. The minimum atomic E-state index is -4.68. The van der Waals surface area contributed by atoms with Gasteiger partial charge in [0.1, 0.15) is 6.10 Å². The highest BCUT2D eigenvalue weighted by molar-refractivity contribution is 7.92. The fourth-order valence-electron chi connectivity index (χ4n) is 3.74. The van der Waals surface area contributed by atoms with Crippen LogP contribution in [-0.2, 0) is 44.1 Å². The molecule has 1 aromatic carbocycles. The van der Waals surface area contributed by atoms with Crippen molar-refractivity contribution in [2.75, 3.05) is 13.2 Å². The van der Waals surface area contributed by atoms with Crippen molar-refractivity contribution in [1.29, 1.82) is 0 Å². The zero-order valence-corrected chi connectivity index (χ0v) is 18.7. The van der Waals surface area contributed by atoms with Crippen molar-refractivity contribution in [2.45, 2.75) is 54.0 Å². The highest BCUT2D eigenvalue weighted by atomic mass is 32.2. The van der Waals surface area contributed by atoms with Crippen molar-refractivity contribution in [1.82, 2.24) is 9.78 Å². The maximum absolute atomic E-state index is 13.4. The molecule has 32 heavy (non-hydrogen) atoms. The largest absolute Gasteiger partial charge is 0.772 e. The summed E-state index contributed by atoms with van der Waals surface area (Å²) in [5.41, 5.74) is -0.454. The quantitative estimate of drug-likeness (QED) is 0.585. The summed E-state index contributed by atoms with van der Waals surface area (Å²) < 4.78 is 93.7. The lowest BCUT2D eigenvalue weighted by molar-refractivity contribution is -0.137. The summed E-state index contributed by atoms with van der Waals surface area (Å²) >= 11 is -2.40. The predicted molar refractivity (Wildman–Crippen MR) is 107 cm³/mol. The molecular formula is C19H22F3N2O6S2-. The Labute approximate surface area is 185 Å². The number of nitrogens with zero attached hydrogens (tertiary/aromatic N) is 2. The molecule has 1 aromatic heterocycles. The molecule has 1 saturated heterocycles. The Morgan fingerprint density at radius 2 is 2.09 bits per heavy atom. The maximum Gasteiger partial charge on any atom is 0.416 e. The first-order valence-corrected chi connectivity index (χ1v) is 12.4. The Balaban J connectivity index is 1.95. The average Bonchev–Trinajstić information content (AvgIpc) is 3.09. The van der Waals surface area contributed by atoms with E-state index in [1.165, 1.54) is 17.7 Å². The highest BCUT2D eigenvalue weighted by Crippen LogP contribution is 2.43. The molecule has 178 valence electrons. The van der Waals surface area contributed by atoms with Crippen LogP contribution in [0.2, 0.25) is 0 Å². The van der Waals surface area contributed by atoms with Crippen molar-refractivity contribution in [3.05, 3.63) is 47.3 Å². The molecule has 3 rings (SSSR count). The second-order valence-corrected chi connectivity index (χ2v) is 11.1. The lowest BCUT2D eigenvalue weighted by atomic mass is 9.94. The van der Waals surface area contributed by atoms with Gasteiger partial charge >= 0.3 is 6.18 Å². The molecule has 8 nitrogen and oxygen atoms in total. The summed E-state index contributed by atoms with van der Waals surface area (Å²) in [6.45, 7) is 1.23. The van der Waals surface area contributed by atoms with Gasteiger partial charge in [0.05, 0.1) is 45.5 Å². The van der Waals surface area contributed by atoms with E-state index in [-0.39, 0.29) is 44.0 Å². The van der Waals surface area contributed by atoms with Gasteiger partial charge in [-0.3, -0.25) is 8.89 Å². The second kappa shape index (κ2) is 9.21. The molecule has 2 heterocycles. The van der Waals surface area contributed by atoms with Gasteiger partial charge in [0.2, 0.25) is 0 Å². The molecule has 1 N–H and O–H groups in total. The van der Waals surface area contributed by atoms with Crippen LogP contribution >= 0.6 is 0 Å². The van der Waals surface area contributed by atoms with Crippen molar-refractivity contribution in [2.24, 2.45) is 0 Å². The van der Waals surface area contributed by atoms with Gasteiger partial charge in [0, 0.05) is 6.61 Å². The van der Waals surface area contributed by atoms with Crippen LogP contribution < -0.4 is 0 Å². The van der Waals surface area contributed by atoms with Crippen LogP contribution in [0.3, 0.4) is 0 Å². The maximum atomic E-state index is 13.4. The Morgan fingerprint density at radius 3 is 2.72 bits per heavy atom. The van der Waals surface area contributed by atoms with Gasteiger partial charge in [-0.05, 0) is 55.1 Å². The molecule has 13 heteroatoms. The summed E-state index contributed by atoms with van der Waals surface area (Å²) in [7, 11) is -4.18. The molecule has 1 aliphatic heterocycles. The van der Waals surface area contributed by atoms with Crippen molar-refractivity contribution in [3.8, 4) is 0 Å². The van der Waals surface area contributed by atoms with E-state index in [0.29, 0.717) is 11.8 Å². The first kappa shape index (κ1) is 24.8. The van der Waals surface area contributed by atoms with Gasteiger partial charge in [0.25, 0.3) is 0 Å². The molecule has 0 saturated carbocycles. The average molecular weight is 496 g/mol. The van der Waals surface area contributed by atoms with Gasteiger partial charge in [0.15, 0.2) is 9.84 Å². The van der Waals surface area contributed by atoms with E-state index in [1.807, 2.05) is 0 Å². The number of alkyl halides is 3. The van der Waals surface area contributed by atoms with E-state index in [4.69, 9.17) is 4.74 Å². The van der Waals surface area contributed by atoms with E-state index in [2.05, 4.69) is 5.10 Å². The second-order valence-electron chi connectivity index (χ2n) is 7.75. The van der Waals surface area contributed by atoms with E-state index < -0.39 is 48.4 Å². The fourth-order valence-corrected chi connectivity index (χ4v) is 5.95. The number of aromatic nitrogens is 2. The van der Waals surface area contributed by atoms with Crippen LogP contribution in [0.1, 0.15) is 42.8 Å². The first-order chi connectivity index (χ1) is 14.9. The van der Waals surface area contributed by atoms with Crippen molar-refractivity contribution >= 4 is 20.9 Å². The summed E-state index contributed by atoms with van der Waals surface area (Å²) in [6.07, 6.45) is -5.50. The normalized spacial score (nSPS) is 23.2. The smallest absolute Gasteiger partial charge is 0.416 e. The molecule has 3 atom stereocenters. The zero-order valence-electron chi connectivity index (χ0n) is 17.0. The van der Waals surface area contributed by atoms with Crippen LogP contribution in [-0.4, -0.2) is 50.0 Å². The highest BCUT2D eigenvalue weighted by Gasteiger charge is 2.46. The number of ether oxygens (including phenoxy) is 1. The van der Waals surface area contributed by atoms with E-state index in [0.717, 1.165) is 18.2 Å². The van der Waals surface area contributed by atoms with E-state index >= 15 is 0 Å². The predicted octanol–water partition coefficient (Wildman–Crippen LogP) is 2.36. The number of hydrogen-bond acceptors (Lipinski definition) is 7. The SMILES string of the molecule is CC1(S(=O)(=O)c2cccc(C(F)(F)F)c2)CCOC(c2cc(CS(=O)[O-])nn2CCO)C1. The first-order valence-electron chi connectivity index (χ1n) is 9.64. The van der Waals surface area contributed by atoms with Gasteiger partial charge < -0.3 is 14.4 Å². The third-order valence-electron chi connectivity index (χ3n) is 5.46. The van der Waals surface area contributed by atoms with Crippen LogP contribution in [0.4, 0.5) is 13.2 Å². The molecule has 0 radical (unpaired) electrons. The van der Waals surface area contributed by atoms with Gasteiger partial charge in [-0.15, -0.1) is 0 Å². The zero-order chi connectivity index (χ0) is 23.7. The molecule has 1 aliphatic rings. The Kier molecular flexibility index (Phi) is 7.15. The monoisotopic (exact) mass is 495 g/mol. The number of sulfone groups is 1. The third kappa shape index (κ3) is 5.06. The molecule has 0 spiro atoms. The summed E-state index contributed by atoms with van der Waals surface area (Å²) in [5, 5.41) is 13.4. The molecule has 0 amide bonds. The fraction of sp³-hybridized carbons (Fsp3) is 0.526. The minimum Gasteiger partial charge on any atom is -0.772 e. The number of aliphatic hydroxyl groups excluding tert-OH is 1. The Morgan fingerprint density at radius 1 is 1.38 bits per heavy atom. The summed E-state index contributed by atoms with van der Waals surface area (Å²) in [6, 6.07) is 5.10. The topological polar surface area (TPSA) is 122 Å². The van der Waals surface area contributed by atoms with Crippen LogP contribution in [0.15, 0.2) is 35.2 Å². The lowest BCUT2D eigenvalue weighted by Crippen LogP contribution is -2.42. The Hall–Kier alpha value is -1.80. The number of rotatable bonds is 7. The van der Waals surface area contributed by atoms with Crippen molar-refractivity contribution < 1.29 is 40.2 Å². The van der Waals surface area contributed by atoms with E-state index in [1.54, 1.807) is 0 Å². The van der Waals surface area contributed by atoms with Crippen LogP contribution in [0, 0.1) is 0 Å². The number of aliphatic hydroxyl groups is 1. The molecular weight excluding hydrogens is 473 g/mol. The number of hydrogen-bond donors (Lipinski definition) is 1. The van der Waals surface area contributed by atoms with Crippen LogP contribution in [0.25, 0.3) is 0 Å². The summed E-state index contributed by atoms with van der Waals surface area (Å²) in [5.74, 6) is -0.363. The standard InChI is InChI=1S/C19H23F3N2O6S2/c1-18(32(28,29)15-4-2-3-13(9-15)19(20,21)22)5-8-30-17(11-18)16-10-14(12-31(26)27)23-24(16)6-7-25/h2-4,9-10,17,25H,5-8,11-12H2,1H3,(H,26,27)/p-1. The Bertz CT molecular complexity index is 1100. The van der Waals surface area contributed by atoms with Gasteiger partial charge in [-0.2, -0.15) is 18.3 Å².